The first kappa shape index (κ1) is 11.7. The van der Waals surface area contributed by atoms with Crippen LogP contribution in [0.1, 0.15) is 28.0 Å². The van der Waals surface area contributed by atoms with Crippen LogP contribution in [-0.4, -0.2) is 20.7 Å². The second-order valence-electron chi connectivity index (χ2n) is 4.72. The SMILES string of the molecule is Cn1ncc2c1CC/C(=C\c1ccc(O)cc1)C2=O. The Balaban J connectivity index is 1.95. The van der Waals surface area contributed by atoms with E-state index in [1.165, 1.54) is 0 Å². The molecule has 0 fully saturated rings. The van der Waals surface area contributed by atoms with Crippen molar-refractivity contribution < 1.29 is 9.90 Å². The second kappa shape index (κ2) is 4.39. The summed E-state index contributed by atoms with van der Waals surface area (Å²) in [5.74, 6) is 0.286. The van der Waals surface area contributed by atoms with Crippen LogP contribution in [0, 0.1) is 0 Å². The van der Waals surface area contributed by atoms with Gasteiger partial charge < -0.3 is 5.11 Å². The lowest BCUT2D eigenvalue weighted by molar-refractivity contribution is 0.102. The average molecular weight is 254 g/mol. The molecule has 1 heterocycles. The van der Waals surface area contributed by atoms with Crippen molar-refractivity contribution in [1.29, 1.82) is 0 Å². The van der Waals surface area contributed by atoms with Gasteiger partial charge in [-0.2, -0.15) is 5.10 Å². The van der Waals surface area contributed by atoms with Crippen molar-refractivity contribution in [3.8, 4) is 5.75 Å². The number of Topliss-reactive ketones (excluding diaryl/α,β-unsaturated/α-hetero) is 1. The number of aromatic nitrogens is 2. The van der Waals surface area contributed by atoms with Crippen LogP contribution in [0.5, 0.6) is 5.75 Å². The van der Waals surface area contributed by atoms with Gasteiger partial charge in [0.25, 0.3) is 0 Å². The van der Waals surface area contributed by atoms with Gasteiger partial charge in [0.2, 0.25) is 0 Å². The summed E-state index contributed by atoms with van der Waals surface area (Å²) in [4.78, 5) is 12.3. The van der Waals surface area contributed by atoms with Gasteiger partial charge in [0.05, 0.1) is 11.8 Å². The highest BCUT2D eigenvalue weighted by Crippen LogP contribution is 2.26. The van der Waals surface area contributed by atoms with E-state index in [0.717, 1.165) is 29.7 Å². The Morgan fingerprint density at radius 3 is 2.74 bits per heavy atom. The molecule has 96 valence electrons. The van der Waals surface area contributed by atoms with Crippen molar-refractivity contribution >= 4 is 11.9 Å². The molecule has 1 aliphatic rings. The van der Waals surface area contributed by atoms with E-state index in [1.807, 2.05) is 13.1 Å². The molecule has 2 aromatic rings. The molecule has 1 aromatic heterocycles. The standard InChI is InChI=1S/C15H14N2O2/c1-17-14-7-4-11(15(19)13(14)9-16-17)8-10-2-5-12(18)6-3-10/h2-3,5-6,8-9,18H,4,7H2,1H3/b11-8+. The summed E-state index contributed by atoms with van der Waals surface area (Å²) in [6, 6.07) is 6.84. The number of fused-ring (bicyclic) bond motifs is 1. The van der Waals surface area contributed by atoms with Gasteiger partial charge in [-0.3, -0.25) is 9.48 Å². The Morgan fingerprint density at radius 1 is 1.26 bits per heavy atom. The van der Waals surface area contributed by atoms with Crippen LogP contribution in [0.3, 0.4) is 0 Å². The molecule has 4 heteroatoms. The number of hydrogen-bond acceptors (Lipinski definition) is 3. The van der Waals surface area contributed by atoms with E-state index >= 15 is 0 Å². The van der Waals surface area contributed by atoms with Gasteiger partial charge in [-0.05, 0) is 36.6 Å². The van der Waals surface area contributed by atoms with Gasteiger partial charge in [-0.1, -0.05) is 12.1 Å². The molecular formula is C15H14N2O2. The monoisotopic (exact) mass is 254 g/mol. The highest BCUT2D eigenvalue weighted by molar-refractivity contribution is 6.12. The zero-order chi connectivity index (χ0) is 13.4. The van der Waals surface area contributed by atoms with Crippen LogP contribution in [0.25, 0.3) is 6.08 Å². The quantitative estimate of drug-likeness (QED) is 0.795. The fourth-order valence-electron chi connectivity index (χ4n) is 2.40. The molecule has 0 saturated carbocycles. The van der Waals surface area contributed by atoms with Crippen molar-refractivity contribution in [2.75, 3.05) is 0 Å². The number of rotatable bonds is 1. The number of nitrogens with zero attached hydrogens (tertiary/aromatic N) is 2. The van der Waals surface area contributed by atoms with E-state index in [-0.39, 0.29) is 11.5 Å². The van der Waals surface area contributed by atoms with Crippen molar-refractivity contribution in [3.63, 3.8) is 0 Å². The predicted molar refractivity (Wildman–Crippen MR) is 71.9 cm³/mol. The van der Waals surface area contributed by atoms with Gasteiger partial charge >= 0.3 is 0 Å². The molecule has 1 aliphatic carbocycles. The number of aryl methyl sites for hydroxylation is 1. The molecule has 0 atom stereocenters. The van der Waals surface area contributed by atoms with Crippen LogP contribution in [0.2, 0.25) is 0 Å². The van der Waals surface area contributed by atoms with Gasteiger partial charge in [0.15, 0.2) is 5.78 Å². The number of phenols is 1. The Bertz CT molecular complexity index is 666. The number of ketones is 1. The molecule has 1 N–H and O–H groups in total. The zero-order valence-corrected chi connectivity index (χ0v) is 10.6. The minimum absolute atomic E-state index is 0.0578. The van der Waals surface area contributed by atoms with E-state index in [1.54, 1.807) is 35.1 Å². The number of phenolic OH excluding ortho intramolecular Hbond substituents is 1. The van der Waals surface area contributed by atoms with Gasteiger partial charge in [-0.25, -0.2) is 0 Å². The molecule has 0 unspecified atom stereocenters. The molecule has 0 saturated heterocycles. The number of carbonyl (C=O) groups excluding carboxylic acids is 1. The summed E-state index contributed by atoms with van der Waals surface area (Å²) in [7, 11) is 1.86. The molecule has 0 radical (unpaired) electrons. The Labute approximate surface area is 111 Å². The first-order valence-electron chi connectivity index (χ1n) is 6.20. The molecule has 1 aromatic carbocycles. The lowest BCUT2D eigenvalue weighted by atomic mass is 9.90. The summed E-state index contributed by atoms with van der Waals surface area (Å²) in [5.41, 5.74) is 3.44. The van der Waals surface area contributed by atoms with Crippen molar-refractivity contribution in [2.24, 2.45) is 7.05 Å². The van der Waals surface area contributed by atoms with Crippen molar-refractivity contribution in [3.05, 3.63) is 52.9 Å². The third kappa shape index (κ3) is 2.05. The molecule has 19 heavy (non-hydrogen) atoms. The molecule has 3 rings (SSSR count). The molecular weight excluding hydrogens is 240 g/mol. The van der Waals surface area contributed by atoms with Crippen LogP contribution in [-0.2, 0) is 13.5 Å². The number of hydrogen-bond donors (Lipinski definition) is 1. The van der Waals surface area contributed by atoms with Crippen molar-refractivity contribution in [2.45, 2.75) is 12.8 Å². The maximum Gasteiger partial charge on any atom is 0.192 e. The summed E-state index contributed by atoms with van der Waals surface area (Å²) < 4.78 is 1.77. The lowest BCUT2D eigenvalue weighted by Crippen LogP contribution is -2.14. The van der Waals surface area contributed by atoms with E-state index in [9.17, 15) is 9.90 Å². The Kier molecular flexibility index (Phi) is 2.71. The summed E-state index contributed by atoms with van der Waals surface area (Å²) in [5, 5.41) is 13.4. The topological polar surface area (TPSA) is 55.1 Å². The first-order valence-corrected chi connectivity index (χ1v) is 6.20. The third-order valence-corrected chi connectivity index (χ3v) is 3.46. The van der Waals surface area contributed by atoms with Gasteiger partial charge in [-0.15, -0.1) is 0 Å². The second-order valence-corrected chi connectivity index (χ2v) is 4.72. The van der Waals surface area contributed by atoms with E-state index in [0.29, 0.717) is 5.56 Å². The maximum atomic E-state index is 12.3. The number of benzene rings is 1. The van der Waals surface area contributed by atoms with Crippen LogP contribution < -0.4 is 0 Å². The largest absolute Gasteiger partial charge is 0.508 e. The van der Waals surface area contributed by atoms with Crippen LogP contribution >= 0.6 is 0 Å². The fourth-order valence-corrected chi connectivity index (χ4v) is 2.40. The highest BCUT2D eigenvalue weighted by atomic mass is 16.3. The molecule has 4 nitrogen and oxygen atoms in total. The first-order chi connectivity index (χ1) is 9.15. The average Bonchev–Trinajstić information content (AvgIpc) is 2.78. The Morgan fingerprint density at radius 2 is 2.00 bits per heavy atom. The number of allylic oxidation sites excluding steroid dienone is 1. The van der Waals surface area contributed by atoms with Crippen LogP contribution in [0.4, 0.5) is 0 Å². The third-order valence-electron chi connectivity index (χ3n) is 3.46. The van der Waals surface area contributed by atoms with Gasteiger partial charge in [0.1, 0.15) is 5.75 Å². The summed E-state index contributed by atoms with van der Waals surface area (Å²) >= 11 is 0. The van der Waals surface area contributed by atoms with Crippen molar-refractivity contribution in [1.82, 2.24) is 9.78 Å². The smallest absolute Gasteiger partial charge is 0.192 e. The van der Waals surface area contributed by atoms with E-state index < -0.39 is 0 Å². The fraction of sp³-hybridized carbons (Fsp3) is 0.200. The van der Waals surface area contributed by atoms with Crippen LogP contribution in [0.15, 0.2) is 36.0 Å². The van der Waals surface area contributed by atoms with E-state index in [2.05, 4.69) is 5.10 Å². The normalized spacial score (nSPS) is 16.7. The maximum absolute atomic E-state index is 12.3. The van der Waals surface area contributed by atoms with E-state index in [4.69, 9.17) is 0 Å². The highest BCUT2D eigenvalue weighted by Gasteiger charge is 2.24. The minimum atomic E-state index is 0.0578. The number of carbonyl (C=O) groups is 1. The van der Waals surface area contributed by atoms with Gasteiger partial charge in [0, 0.05) is 18.3 Å². The lowest BCUT2D eigenvalue weighted by Gasteiger charge is -2.14. The molecule has 0 aliphatic heterocycles. The number of aromatic hydroxyl groups is 1. The molecule has 0 amide bonds. The molecule has 0 spiro atoms. The predicted octanol–water partition coefficient (Wildman–Crippen LogP) is 2.34. The zero-order valence-electron chi connectivity index (χ0n) is 10.6. The molecule has 0 bridgehead atoms. The summed E-state index contributed by atoms with van der Waals surface area (Å²) in [6.45, 7) is 0. The summed E-state index contributed by atoms with van der Waals surface area (Å²) in [6.07, 6.45) is 5.09. The Hall–Kier alpha value is -2.36. The minimum Gasteiger partial charge on any atom is -0.508 e.